The molecule has 0 bridgehead atoms. The highest BCUT2D eigenvalue weighted by molar-refractivity contribution is 6.09. The molecular weight excluding hydrogens is 308 g/mol. The summed E-state index contributed by atoms with van der Waals surface area (Å²) in [6, 6.07) is 23.4. The van der Waals surface area contributed by atoms with Crippen LogP contribution in [0.2, 0.25) is 0 Å². The van der Waals surface area contributed by atoms with Gasteiger partial charge in [0.15, 0.2) is 0 Å². The second-order valence-electron chi connectivity index (χ2n) is 6.04. The van der Waals surface area contributed by atoms with Crippen molar-refractivity contribution in [1.29, 1.82) is 0 Å². The zero-order chi connectivity index (χ0) is 16.6. The Balaban J connectivity index is 1.87. The Bertz CT molecular complexity index is 1210. The Hall–Kier alpha value is -3.46. The van der Waals surface area contributed by atoms with Crippen molar-refractivity contribution in [3.05, 3.63) is 91.5 Å². The van der Waals surface area contributed by atoms with Crippen molar-refractivity contribution in [2.45, 2.75) is 0 Å². The lowest BCUT2D eigenvalue weighted by Gasteiger charge is -2.09. The maximum atomic E-state index is 6.23. The van der Waals surface area contributed by atoms with E-state index in [-0.39, 0.29) is 0 Å². The average Bonchev–Trinajstić information content (AvgIpc) is 2.67. The molecule has 1 heterocycles. The first kappa shape index (κ1) is 13.9. The second-order valence-corrected chi connectivity index (χ2v) is 6.04. The van der Waals surface area contributed by atoms with Gasteiger partial charge in [0, 0.05) is 15.5 Å². The van der Waals surface area contributed by atoms with E-state index in [9.17, 15) is 0 Å². The molecule has 0 radical (unpaired) electrons. The fraction of sp³-hybridized carbons (Fsp3) is 0. The molecule has 0 saturated carbocycles. The second kappa shape index (κ2) is 5.56. The van der Waals surface area contributed by atoms with E-state index in [1.165, 1.54) is 16.2 Å². The van der Waals surface area contributed by atoms with Gasteiger partial charge in [-0.2, -0.15) is 0 Å². The fourth-order valence-electron chi connectivity index (χ4n) is 3.29. The topological polar surface area (TPSA) is 26.0 Å². The van der Waals surface area contributed by atoms with Gasteiger partial charge in [-0.05, 0) is 39.7 Å². The third-order valence-electron chi connectivity index (χ3n) is 4.47. The number of benzene rings is 4. The first-order chi connectivity index (χ1) is 12.4. The van der Waals surface area contributed by atoms with Crippen LogP contribution in [0, 0.1) is 0 Å². The van der Waals surface area contributed by atoms with E-state index < -0.39 is 0 Å². The molecule has 5 aromatic rings. The van der Waals surface area contributed by atoms with Gasteiger partial charge in [0.05, 0.1) is 12.4 Å². The average molecular weight is 323 g/mol. The molecular formula is C22H15N2O+. The molecule has 25 heavy (non-hydrogen) atoms. The van der Waals surface area contributed by atoms with Crippen molar-refractivity contribution in [2.24, 2.45) is 0 Å². The molecule has 0 aliphatic rings. The van der Waals surface area contributed by atoms with E-state index in [2.05, 4.69) is 65.6 Å². The molecule has 3 heteroatoms. The molecule has 0 aliphatic heterocycles. The smallest absolute Gasteiger partial charge is 0.241 e. The van der Waals surface area contributed by atoms with Gasteiger partial charge >= 0.3 is 0 Å². The van der Waals surface area contributed by atoms with E-state index in [1.54, 1.807) is 29.5 Å². The third-order valence-corrected chi connectivity index (χ3v) is 4.47. The summed E-state index contributed by atoms with van der Waals surface area (Å²) in [5.74, 6) is 0.857. The van der Waals surface area contributed by atoms with Crippen LogP contribution in [0.15, 0.2) is 91.5 Å². The van der Waals surface area contributed by atoms with Gasteiger partial charge in [-0.3, -0.25) is 4.98 Å². The quantitative estimate of drug-likeness (QED) is 0.348. The lowest BCUT2D eigenvalue weighted by Crippen LogP contribution is -2.38. The number of rotatable bonds is 2. The molecule has 0 fully saturated rings. The van der Waals surface area contributed by atoms with Crippen molar-refractivity contribution in [3.63, 3.8) is 0 Å². The minimum absolute atomic E-state index is 0.857. The maximum Gasteiger partial charge on any atom is 0.241 e. The molecule has 0 N–H and O–H groups in total. The third kappa shape index (κ3) is 2.37. The van der Waals surface area contributed by atoms with Gasteiger partial charge in [-0.1, -0.05) is 48.5 Å². The summed E-state index contributed by atoms with van der Waals surface area (Å²) in [5.41, 5.74) is 0. The summed E-state index contributed by atoms with van der Waals surface area (Å²) in [6.45, 7) is 0. The standard InChI is InChI=1S/C22H15N2O/c1-2-6-17-15-21-19(13-16(17)5-1)14-18-7-3-4-8-20(18)22(21)25-24-11-9-23-10-12-24/h1-15H/q+1. The van der Waals surface area contributed by atoms with Crippen molar-refractivity contribution in [2.75, 3.05) is 0 Å². The molecule has 0 unspecified atom stereocenters. The van der Waals surface area contributed by atoms with Crippen LogP contribution in [0.5, 0.6) is 5.75 Å². The zero-order valence-corrected chi connectivity index (χ0v) is 13.5. The highest BCUT2D eigenvalue weighted by Gasteiger charge is 2.14. The largest absolute Gasteiger partial charge is 0.252 e. The molecule has 0 aliphatic carbocycles. The molecule has 3 nitrogen and oxygen atoms in total. The summed E-state index contributed by atoms with van der Waals surface area (Å²) < 4.78 is 1.68. The molecule has 0 saturated heterocycles. The first-order valence-corrected chi connectivity index (χ1v) is 8.22. The van der Waals surface area contributed by atoms with Crippen LogP contribution in [0.4, 0.5) is 0 Å². The van der Waals surface area contributed by atoms with Gasteiger partial charge in [-0.15, -0.1) is 0 Å². The summed E-state index contributed by atoms with van der Waals surface area (Å²) in [7, 11) is 0. The summed E-state index contributed by atoms with van der Waals surface area (Å²) in [6.07, 6.45) is 7.02. The predicted molar refractivity (Wildman–Crippen MR) is 99.4 cm³/mol. The number of hydrogen-bond donors (Lipinski definition) is 0. The van der Waals surface area contributed by atoms with Crippen LogP contribution in [-0.4, -0.2) is 4.98 Å². The van der Waals surface area contributed by atoms with E-state index in [4.69, 9.17) is 4.84 Å². The van der Waals surface area contributed by atoms with Crippen molar-refractivity contribution in [1.82, 2.24) is 4.98 Å². The zero-order valence-electron chi connectivity index (χ0n) is 13.5. The van der Waals surface area contributed by atoms with Crippen LogP contribution < -0.4 is 9.57 Å². The Morgan fingerprint density at radius 1 is 0.640 bits per heavy atom. The van der Waals surface area contributed by atoms with Crippen molar-refractivity contribution < 1.29 is 9.57 Å². The maximum absolute atomic E-state index is 6.23. The minimum atomic E-state index is 0.857. The van der Waals surface area contributed by atoms with Crippen LogP contribution >= 0.6 is 0 Å². The van der Waals surface area contributed by atoms with Crippen molar-refractivity contribution >= 4 is 32.3 Å². The predicted octanol–water partition coefficient (Wildman–Crippen LogP) is 4.67. The Labute approximate surface area is 144 Å². The molecule has 4 aromatic carbocycles. The number of fused-ring (bicyclic) bond motifs is 3. The number of aromatic nitrogens is 2. The van der Waals surface area contributed by atoms with E-state index in [0.29, 0.717) is 0 Å². The molecule has 0 amide bonds. The number of nitrogens with zero attached hydrogens (tertiary/aromatic N) is 2. The summed E-state index contributed by atoms with van der Waals surface area (Å²) in [4.78, 5) is 10.3. The minimum Gasteiger partial charge on any atom is -0.252 e. The van der Waals surface area contributed by atoms with Crippen LogP contribution in [0.25, 0.3) is 32.3 Å². The van der Waals surface area contributed by atoms with Gasteiger partial charge < -0.3 is 0 Å². The number of hydrogen-bond acceptors (Lipinski definition) is 2. The summed E-state index contributed by atoms with van der Waals surface area (Å²) in [5, 5.41) is 6.95. The Morgan fingerprint density at radius 2 is 1.28 bits per heavy atom. The van der Waals surface area contributed by atoms with Gasteiger partial charge in [0.2, 0.25) is 18.1 Å². The lowest BCUT2D eigenvalue weighted by molar-refractivity contribution is -0.874. The van der Waals surface area contributed by atoms with Crippen molar-refractivity contribution in [3.8, 4) is 5.75 Å². The fourth-order valence-corrected chi connectivity index (χ4v) is 3.29. The first-order valence-electron chi connectivity index (χ1n) is 8.22. The van der Waals surface area contributed by atoms with E-state index in [1.807, 2.05) is 6.07 Å². The molecule has 118 valence electrons. The monoisotopic (exact) mass is 323 g/mol. The van der Waals surface area contributed by atoms with Crippen LogP contribution in [-0.2, 0) is 0 Å². The SMILES string of the molecule is c1ccc2cc3c(O[n+]4ccncc4)c4ccccc4cc3cc2c1. The highest BCUT2D eigenvalue weighted by atomic mass is 16.7. The van der Waals surface area contributed by atoms with E-state index >= 15 is 0 Å². The lowest BCUT2D eigenvalue weighted by atomic mass is 9.99. The molecule has 0 spiro atoms. The normalized spacial score (nSPS) is 11.2. The molecule has 1 aromatic heterocycles. The van der Waals surface area contributed by atoms with Crippen LogP contribution in [0.1, 0.15) is 0 Å². The van der Waals surface area contributed by atoms with E-state index in [0.717, 1.165) is 21.9 Å². The highest BCUT2D eigenvalue weighted by Crippen LogP contribution is 2.36. The summed E-state index contributed by atoms with van der Waals surface area (Å²) >= 11 is 0. The van der Waals surface area contributed by atoms with Gasteiger partial charge in [-0.25, -0.2) is 4.84 Å². The van der Waals surface area contributed by atoms with Gasteiger partial charge in [0.1, 0.15) is 0 Å². The Kier molecular flexibility index (Phi) is 3.10. The van der Waals surface area contributed by atoms with Gasteiger partial charge in [0.25, 0.3) is 0 Å². The Morgan fingerprint density at radius 3 is 2.08 bits per heavy atom. The molecule has 0 atom stereocenters. The van der Waals surface area contributed by atoms with Crippen LogP contribution in [0.3, 0.4) is 0 Å². The molecule has 5 rings (SSSR count).